The summed E-state index contributed by atoms with van der Waals surface area (Å²) in [6.45, 7) is 10.2. The predicted molar refractivity (Wildman–Crippen MR) is 94.0 cm³/mol. The first-order valence-electron chi connectivity index (χ1n) is 7.80. The van der Waals surface area contributed by atoms with E-state index >= 15 is 0 Å². The van der Waals surface area contributed by atoms with Crippen LogP contribution in [-0.4, -0.2) is 15.5 Å². The van der Waals surface area contributed by atoms with Crippen molar-refractivity contribution >= 4 is 11.0 Å². The molecule has 0 fully saturated rings. The molecule has 0 aliphatic rings. The molecule has 1 aromatic rings. The van der Waals surface area contributed by atoms with E-state index in [4.69, 9.17) is 0 Å². The summed E-state index contributed by atoms with van der Waals surface area (Å²) in [7, 11) is -1.12. The minimum Gasteiger partial charge on any atom is -0.242 e. The van der Waals surface area contributed by atoms with Gasteiger partial charge in [0.2, 0.25) is 0 Å². The van der Waals surface area contributed by atoms with Crippen molar-refractivity contribution in [2.24, 2.45) is 5.41 Å². The van der Waals surface area contributed by atoms with Gasteiger partial charge in [0.15, 0.2) is 0 Å². The van der Waals surface area contributed by atoms with E-state index in [1.54, 1.807) is 0 Å². The molecule has 1 rings (SSSR count). The zero-order valence-electron chi connectivity index (χ0n) is 14.8. The number of hydrogen-bond acceptors (Lipinski definition) is 1. The van der Waals surface area contributed by atoms with E-state index in [1.807, 2.05) is 46.8 Å². The molecule has 24 heavy (non-hydrogen) atoms. The van der Waals surface area contributed by atoms with Crippen LogP contribution in [-0.2, 0) is 23.6 Å². The summed E-state index contributed by atoms with van der Waals surface area (Å²) in [6, 6.07) is 5.27. The van der Waals surface area contributed by atoms with Gasteiger partial charge in [0.1, 0.15) is 0 Å². The van der Waals surface area contributed by atoms with Crippen molar-refractivity contribution in [1.29, 1.82) is 0 Å². The summed E-state index contributed by atoms with van der Waals surface area (Å²) in [5.74, 6) is 0. The third kappa shape index (κ3) is 7.18. The lowest BCUT2D eigenvalue weighted by atomic mass is 9.85. The van der Waals surface area contributed by atoms with Gasteiger partial charge >= 0.3 is 6.18 Å². The van der Waals surface area contributed by atoms with Crippen LogP contribution in [0.25, 0.3) is 0 Å². The molecule has 0 aromatic heterocycles. The smallest absolute Gasteiger partial charge is 0.242 e. The molecule has 0 spiro atoms. The Morgan fingerprint density at radius 1 is 1.04 bits per heavy atom. The van der Waals surface area contributed by atoms with Crippen LogP contribution in [0.5, 0.6) is 0 Å². The molecule has 1 atom stereocenters. The molecule has 0 bridgehead atoms. The van der Waals surface area contributed by atoms with E-state index < -0.39 is 22.7 Å². The SMILES string of the molecule is CC(C)(/C=C/CNS(=O)C(C)(C)C)Cc1ccc(C(F)(F)F)cc1. The minimum atomic E-state index is -4.30. The zero-order valence-corrected chi connectivity index (χ0v) is 15.6. The van der Waals surface area contributed by atoms with Gasteiger partial charge in [0.25, 0.3) is 0 Å². The third-order valence-corrected chi connectivity index (χ3v) is 4.94. The average Bonchev–Trinajstić information content (AvgIpc) is 2.41. The Kier molecular flexibility index (Phi) is 6.82. The summed E-state index contributed by atoms with van der Waals surface area (Å²) in [5.41, 5.74) is 0.0160. The van der Waals surface area contributed by atoms with Gasteiger partial charge in [-0.25, -0.2) is 8.93 Å². The number of halogens is 3. The molecular formula is C18H26F3NOS. The van der Waals surface area contributed by atoms with Crippen molar-refractivity contribution in [2.75, 3.05) is 6.54 Å². The van der Waals surface area contributed by atoms with Crippen molar-refractivity contribution in [2.45, 2.75) is 52.0 Å². The maximum atomic E-state index is 12.6. The molecule has 0 saturated carbocycles. The molecule has 0 amide bonds. The van der Waals surface area contributed by atoms with Gasteiger partial charge < -0.3 is 0 Å². The fraction of sp³-hybridized carbons (Fsp3) is 0.556. The molecule has 2 nitrogen and oxygen atoms in total. The molecule has 0 aliphatic heterocycles. The van der Waals surface area contributed by atoms with Crippen molar-refractivity contribution in [3.8, 4) is 0 Å². The number of benzene rings is 1. The van der Waals surface area contributed by atoms with Crippen LogP contribution in [0.15, 0.2) is 36.4 Å². The van der Waals surface area contributed by atoms with Crippen molar-refractivity contribution in [1.82, 2.24) is 4.72 Å². The van der Waals surface area contributed by atoms with E-state index in [0.29, 0.717) is 13.0 Å². The fourth-order valence-electron chi connectivity index (χ4n) is 2.11. The van der Waals surface area contributed by atoms with Crippen LogP contribution in [0.1, 0.15) is 45.7 Å². The topological polar surface area (TPSA) is 29.1 Å². The van der Waals surface area contributed by atoms with Crippen molar-refractivity contribution < 1.29 is 17.4 Å². The number of nitrogens with one attached hydrogen (secondary N) is 1. The van der Waals surface area contributed by atoms with Crippen LogP contribution in [0.4, 0.5) is 13.2 Å². The molecule has 1 N–H and O–H groups in total. The zero-order chi connectivity index (χ0) is 18.6. The Hall–Kier alpha value is -1.14. The van der Waals surface area contributed by atoms with Crippen molar-refractivity contribution in [3.05, 3.63) is 47.5 Å². The highest BCUT2D eigenvalue weighted by atomic mass is 32.2. The standard InChI is InChI=1S/C18H26F3NOS/c1-16(2,3)24(23)22-12-6-11-17(4,5)13-14-7-9-15(10-8-14)18(19,20)21/h6-11,22H,12-13H2,1-5H3/b11-6+. The number of rotatable bonds is 6. The Morgan fingerprint density at radius 3 is 2.04 bits per heavy atom. The summed E-state index contributed by atoms with van der Waals surface area (Å²) in [5, 5.41) is 0. The number of allylic oxidation sites excluding steroid dienone is 1. The summed E-state index contributed by atoms with van der Waals surface area (Å²) in [6.07, 6.45) is 0.234. The van der Waals surface area contributed by atoms with Gasteiger partial charge in [0.05, 0.1) is 21.3 Å². The fourth-order valence-corrected chi connectivity index (χ4v) is 2.80. The second-order valence-electron chi connectivity index (χ2n) is 7.49. The first kappa shape index (κ1) is 20.9. The molecule has 1 unspecified atom stereocenters. The normalized spacial score (nSPS) is 15.0. The summed E-state index contributed by atoms with van der Waals surface area (Å²) < 4.78 is 52.2. The van der Waals surface area contributed by atoms with Crippen LogP contribution in [0, 0.1) is 5.41 Å². The number of hydrogen-bond donors (Lipinski definition) is 1. The van der Waals surface area contributed by atoms with Crippen molar-refractivity contribution in [3.63, 3.8) is 0 Å². The highest BCUT2D eigenvalue weighted by Gasteiger charge is 2.30. The lowest BCUT2D eigenvalue weighted by Crippen LogP contribution is -2.33. The van der Waals surface area contributed by atoms with Crippen LogP contribution < -0.4 is 4.72 Å². The molecule has 6 heteroatoms. The maximum absolute atomic E-state index is 12.6. The van der Waals surface area contributed by atoms with Gasteiger partial charge in [0, 0.05) is 6.54 Å². The van der Waals surface area contributed by atoms with Gasteiger partial charge in [-0.3, -0.25) is 0 Å². The lowest BCUT2D eigenvalue weighted by Gasteiger charge is -2.21. The van der Waals surface area contributed by atoms with E-state index in [-0.39, 0.29) is 10.2 Å². The summed E-state index contributed by atoms with van der Waals surface area (Å²) in [4.78, 5) is 0. The highest BCUT2D eigenvalue weighted by Crippen LogP contribution is 2.30. The van der Waals surface area contributed by atoms with Crippen LogP contribution in [0.2, 0.25) is 0 Å². The third-order valence-electron chi connectivity index (χ3n) is 3.40. The van der Waals surface area contributed by atoms with Gasteiger partial charge in [-0.05, 0) is 50.3 Å². The minimum absolute atomic E-state index is 0.204. The van der Waals surface area contributed by atoms with Crippen LogP contribution >= 0.6 is 0 Å². The lowest BCUT2D eigenvalue weighted by molar-refractivity contribution is -0.137. The van der Waals surface area contributed by atoms with E-state index in [0.717, 1.165) is 17.7 Å². The van der Waals surface area contributed by atoms with Gasteiger partial charge in [-0.1, -0.05) is 38.1 Å². The van der Waals surface area contributed by atoms with Gasteiger partial charge in [-0.15, -0.1) is 0 Å². The van der Waals surface area contributed by atoms with E-state index in [2.05, 4.69) is 4.72 Å². The molecule has 0 radical (unpaired) electrons. The maximum Gasteiger partial charge on any atom is 0.416 e. The quantitative estimate of drug-likeness (QED) is 0.719. The Balaban J connectivity index is 2.60. The van der Waals surface area contributed by atoms with Crippen LogP contribution in [0.3, 0.4) is 0 Å². The molecule has 0 aliphatic carbocycles. The number of alkyl halides is 3. The second kappa shape index (κ2) is 7.83. The Morgan fingerprint density at radius 2 is 1.58 bits per heavy atom. The second-order valence-corrected chi connectivity index (χ2v) is 9.54. The van der Waals surface area contributed by atoms with E-state index in [1.165, 1.54) is 12.1 Å². The Labute approximate surface area is 145 Å². The molecule has 1 aromatic carbocycles. The molecule has 0 heterocycles. The van der Waals surface area contributed by atoms with E-state index in [9.17, 15) is 17.4 Å². The summed E-state index contributed by atoms with van der Waals surface area (Å²) >= 11 is 0. The molecule has 0 saturated heterocycles. The first-order valence-corrected chi connectivity index (χ1v) is 8.95. The first-order chi connectivity index (χ1) is 10.8. The molecule has 136 valence electrons. The van der Waals surface area contributed by atoms with Gasteiger partial charge in [-0.2, -0.15) is 13.2 Å². The highest BCUT2D eigenvalue weighted by molar-refractivity contribution is 7.84. The monoisotopic (exact) mass is 361 g/mol. The average molecular weight is 361 g/mol. The Bertz CT molecular complexity index is 584. The predicted octanol–water partition coefficient (Wildman–Crippen LogP) is 4.88. The molecular weight excluding hydrogens is 335 g/mol. The largest absolute Gasteiger partial charge is 0.416 e.